The number of hydrogen-bond acceptors (Lipinski definition) is 3. The Balaban J connectivity index is 1.65. The molecule has 2 aromatic heterocycles. The van der Waals surface area contributed by atoms with Crippen LogP contribution in [0.2, 0.25) is 0 Å². The molecule has 6 heteroatoms. The van der Waals surface area contributed by atoms with Crippen LogP contribution in [0.3, 0.4) is 0 Å². The van der Waals surface area contributed by atoms with E-state index in [0.29, 0.717) is 11.3 Å². The Morgan fingerprint density at radius 3 is 2.29 bits per heavy atom. The maximum Gasteiger partial charge on any atom is 0.300 e. The number of aliphatic hydroxyl groups is 1. The van der Waals surface area contributed by atoms with Crippen LogP contribution in [0.15, 0.2) is 90.8 Å². The van der Waals surface area contributed by atoms with Gasteiger partial charge in [-0.05, 0) is 36.8 Å². The lowest BCUT2D eigenvalue weighted by Gasteiger charge is -2.25. The fourth-order valence-corrected chi connectivity index (χ4v) is 4.90. The molecule has 0 saturated carbocycles. The second kappa shape index (κ2) is 7.49. The second-order valence-electron chi connectivity index (χ2n) is 8.55. The lowest BCUT2D eigenvalue weighted by atomic mass is 9.94. The van der Waals surface area contributed by atoms with Crippen LogP contribution in [0.1, 0.15) is 22.7 Å². The number of carbonyl (C=O) groups is 2. The van der Waals surface area contributed by atoms with Gasteiger partial charge in [0.05, 0.1) is 11.6 Å². The summed E-state index contributed by atoms with van der Waals surface area (Å²) in [5.74, 6) is -1.57. The number of amides is 1. The number of ketones is 1. The average Bonchev–Trinajstić information content (AvgIpc) is 3.53. The largest absolute Gasteiger partial charge is 0.507 e. The van der Waals surface area contributed by atoms with Crippen molar-refractivity contribution in [3.63, 3.8) is 0 Å². The minimum Gasteiger partial charge on any atom is -0.507 e. The van der Waals surface area contributed by atoms with Gasteiger partial charge in [-0.15, -0.1) is 0 Å². The number of carbonyl (C=O) groups excluding carboxylic acids is 2. The molecule has 1 fully saturated rings. The maximum atomic E-state index is 13.5. The Bertz CT molecular complexity index is 1640. The van der Waals surface area contributed by atoms with Crippen molar-refractivity contribution in [2.75, 3.05) is 4.90 Å². The highest BCUT2D eigenvalue weighted by molar-refractivity contribution is 6.52. The smallest absolute Gasteiger partial charge is 0.300 e. The molecule has 0 aliphatic carbocycles. The van der Waals surface area contributed by atoms with Gasteiger partial charge in [-0.25, -0.2) is 0 Å². The molecule has 1 unspecified atom stereocenters. The fraction of sp³-hybridized carbons (Fsp3) is 0.0714. The van der Waals surface area contributed by atoms with Crippen LogP contribution in [0.25, 0.3) is 27.6 Å². The lowest BCUT2D eigenvalue weighted by Crippen LogP contribution is -2.29. The van der Waals surface area contributed by atoms with Crippen LogP contribution in [0.4, 0.5) is 5.69 Å². The van der Waals surface area contributed by atoms with Crippen LogP contribution in [-0.2, 0) is 9.59 Å². The van der Waals surface area contributed by atoms with E-state index < -0.39 is 17.7 Å². The van der Waals surface area contributed by atoms with Crippen molar-refractivity contribution < 1.29 is 14.7 Å². The topological polar surface area (TPSA) is 89.2 Å². The van der Waals surface area contributed by atoms with Gasteiger partial charge in [0.15, 0.2) is 0 Å². The Morgan fingerprint density at radius 2 is 1.53 bits per heavy atom. The summed E-state index contributed by atoms with van der Waals surface area (Å²) in [4.78, 5) is 34.8. The third kappa shape index (κ3) is 2.89. The molecule has 5 aromatic rings. The number of aryl methyl sites for hydroxylation is 1. The van der Waals surface area contributed by atoms with E-state index in [1.807, 2.05) is 85.9 Å². The number of aromatic amines is 2. The number of aliphatic hydroxyl groups excluding tert-OH is 1. The first-order valence-electron chi connectivity index (χ1n) is 11.0. The summed E-state index contributed by atoms with van der Waals surface area (Å²) in [5.41, 5.74) is 4.60. The summed E-state index contributed by atoms with van der Waals surface area (Å²) in [6, 6.07) is 22.0. The third-order valence-electron chi connectivity index (χ3n) is 6.48. The molecule has 34 heavy (non-hydrogen) atoms. The molecule has 166 valence electrons. The van der Waals surface area contributed by atoms with Gasteiger partial charge in [0.1, 0.15) is 5.76 Å². The zero-order valence-electron chi connectivity index (χ0n) is 18.4. The number of anilines is 1. The molecule has 1 aliphatic heterocycles. The van der Waals surface area contributed by atoms with E-state index in [-0.39, 0.29) is 11.3 Å². The molecule has 1 atom stereocenters. The van der Waals surface area contributed by atoms with Crippen molar-refractivity contribution in [2.45, 2.75) is 13.0 Å². The average molecular weight is 447 g/mol. The van der Waals surface area contributed by atoms with Crippen molar-refractivity contribution in [3.05, 3.63) is 107 Å². The molecule has 1 amide bonds. The summed E-state index contributed by atoms with van der Waals surface area (Å²) in [5, 5.41) is 13.2. The molecule has 3 aromatic carbocycles. The molecule has 6 nitrogen and oxygen atoms in total. The van der Waals surface area contributed by atoms with Gasteiger partial charge in [0.2, 0.25) is 0 Å². The number of nitrogens with zero attached hydrogens (tertiary/aromatic N) is 1. The van der Waals surface area contributed by atoms with Gasteiger partial charge in [-0.1, -0.05) is 48.5 Å². The van der Waals surface area contributed by atoms with Gasteiger partial charge in [0.25, 0.3) is 11.7 Å². The summed E-state index contributed by atoms with van der Waals surface area (Å²) in [7, 11) is 0. The molecule has 6 rings (SSSR count). The summed E-state index contributed by atoms with van der Waals surface area (Å²) in [6.07, 6.45) is 3.49. The first kappa shape index (κ1) is 20.1. The van der Waals surface area contributed by atoms with Crippen molar-refractivity contribution in [3.8, 4) is 0 Å². The highest BCUT2D eigenvalue weighted by Crippen LogP contribution is 2.44. The van der Waals surface area contributed by atoms with Crippen LogP contribution in [0.5, 0.6) is 0 Å². The van der Waals surface area contributed by atoms with Crippen LogP contribution in [-0.4, -0.2) is 26.8 Å². The zero-order chi connectivity index (χ0) is 23.4. The van der Waals surface area contributed by atoms with Gasteiger partial charge < -0.3 is 15.1 Å². The second-order valence-corrected chi connectivity index (χ2v) is 8.55. The molecular weight excluding hydrogens is 426 g/mol. The van der Waals surface area contributed by atoms with Gasteiger partial charge in [-0.2, -0.15) is 0 Å². The van der Waals surface area contributed by atoms with E-state index in [1.54, 1.807) is 6.20 Å². The summed E-state index contributed by atoms with van der Waals surface area (Å²) < 4.78 is 0. The van der Waals surface area contributed by atoms with Crippen LogP contribution < -0.4 is 4.90 Å². The Morgan fingerprint density at radius 1 is 0.853 bits per heavy atom. The molecule has 1 aliphatic rings. The molecule has 1 saturated heterocycles. The predicted molar refractivity (Wildman–Crippen MR) is 133 cm³/mol. The maximum absolute atomic E-state index is 13.5. The number of nitrogens with one attached hydrogen (secondary N) is 2. The Hall–Kier alpha value is -4.58. The van der Waals surface area contributed by atoms with Crippen molar-refractivity contribution in [1.29, 1.82) is 0 Å². The molecule has 0 radical (unpaired) electrons. The number of rotatable bonds is 3. The van der Waals surface area contributed by atoms with Crippen LogP contribution >= 0.6 is 0 Å². The predicted octanol–water partition coefficient (Wildman–Crippen LogP) is 5.58. The van der Waals surface area contributed by atoms with Crippen molar-refractivity contribution in [2.24, 2.45) is 0 Å². The van der Waals surface area contributed by atoms with E-state index in [2.05, 4.69) is 9.97 Å². The third-order valence-corrected chi connectivity index (χ3v) is 6.48. The number of fused-ring (bicyclic) bond motifs is 2. The zero-order valence-corrected chi connectivity index (χ0v) is 18.4. The van der Waals surface area contributed by atoms with E-state index in [4.69, 9.17) is 0 Å². The van der Waals surface area contributed by atoms with Gasteiger partial charge in [-0.3, -0.25) is 14.5 Å². The van der Waals surface area contributed by atoms with Crippen molar-refractivity contribution in [1.82, 2.24) is 9.97 Å². The normalized spacial score (nSPS) is 17.8. The highest BCUT2D eigenvalue weighted by atomic mass is 16.3. The van der Waals surface area contributed by atoms with Gasteiger partial charge in [0, 0.05) is 51.0 Å². The molecule has 3 heterocycles. The minimum absolute atomic E-state index is 0.0704. The highest BCUT2D eigenvalue weighted by Gasteiger charge is 2.48. The number of hydrogen-bond donors (Lipinski definition) is 3. The number of para-hydroxylation sites is 2. The van der Waals surface area contributed by atoms with Crippen LogP contribution in [0, 0.1) is 6.92 Å². The number of H-pyrrole nitrogens is 2. The van der Waals surface area contributed by atoms with E-state index in [1.165, 1.54) is 4.90 Å². The summed E-state index contributed by atoms with van der Waals surface area (Å²) in [6.45, 7) is 1.94. The Labute approximate surface area is 195 Å². The van der Waals surface area contributed by atoms with Crippen molar-refractivity contribution >= 4 is 44.9 Å². The minimum atomic E-state index is -0.786. The first-order chi connectivity index (χ1) is 16.5. The SMILES string of the molecule is Cc1cccc(N2C(=O)C(=O)/C(=C(/O)c3c[nH]c4ccccc34)C2c2c[nH]c3ccccc23)c1. The fourth-order valence-electron chi connectivity index (χ4n) is 4.90. The van der Waals surface area contributed by atoms with E-state index >= 15 is 0 Å². The number of benzene rings is 3. The lowest BCUT2D eigenvalue weighted by molar-refractivity contribution is -0.132. The molecule has 0 bridgehead atoms. The first-order valence-corrected chi connectivity index (χ1v) is 11.0. The monoisotopic (exact) mass is 447 g/mol. The van der Waals surface area contributed by atoms with Gasteiger partial charge >= 0.3 is 0 Å². The number of aromatic nitrogens is 2. The van der Waals surface area contributed by atoms with E-state index in [9.17, 15) is 14.7 Å². The molecule has 0 spiro atoms. The quantitative estimate of drug-likeness (QED) is 0.192. The Kier molecular flexibility index (Phi) is 4.42. The molecular formula is C28H21N3O3. The standard InChI is InChI=1S/C28H21N3O3/c1-16-7-6-8-17(13-16)31-25(20-14-29-22-11-4-2-9-18(20)22)24(27(33)28(31)34)26(32)21-15-30-23-12-5-3-10-19(21)23/h2-15,25,29-30,32H,1H3/b26-24+. The number of Topliss-reactive ketones (excluding diaryl/α,β-unsaturated/α-hetero) is 1. The summed E-state index contributed by atoms with van der Waals surface area (Å²) >= 11 is 0. The molecule has 3 N–H and O–H groups in total. The van der Waals surface area contributed by atoms with E-state index in [0.717, 1.165) is 32.9 Å².